The normalized spacial score (nSPS) is 12.9. The van der Waals surface area contributed by atoms with Crippen LogP contribution in [-0.4, -0.2) is 4.57 Å². The van der Waals surface area contributed by atoms with Gasteiger partial charge >= 0.3 is 0 Å². The summed E-state index contributed by atoms with van der Waals surface area (Å²) < 4.78 is 2.43. The molecule has 0 N–H and O–H groups in total. The van der Waals surface area contributed by atoms with Crippen molar-refractivity contribution < 1.29 is 0 Å². The van der Waals surface area contributed by atoms with E-state index in [-0.39, 0.29) is 0 Å². The van der Waals surface area contributed by atoms with Gasteiger partial charge in [-0.1, -0.05) is 206 Å². The maximum Gasteiger partial charge on any atom is 0.0726 e. The van der Waals surface area contributed by atoms with Crippen LogP contribution in [-0.2, 0) is 5.41 Å². The summed E-state index contributed by atoms with van der Waals surface area (Å²) in [5, 5.41) is 7.44. The topological polar surface area (TPSA) is 8.17 Å². The summed E-state index contributed by atoms with van der Waals surface area (Å²) in [7, 11) is 0. The molecule has 15 rings (SSSR count). The van der Waals surface area contributed by atoms with Crippen molar-refractivity contribution in [3.63, 3.8) is 0 Å². The largest absolute Gasteiger partial charge is 0.310 e. The molecule has 2 nitrogen and oxygen atoms in total. The number of aromatic nitrogens is 1. The Hall–Kier alpha value is -9.24. The van der Waals surface area contributed by atoms with Crippen LogP contribution in [0.3, 0.4) is 0 Å². The lowest BCUT2D eigenvalue weighted by Crippen LogP contribution is -2.26. The van der Waals surface area contributed by atoms with Crippen LogP contribution in [0.1, 0.15) is 22.3 Å². The zero-order valence-corrected chi connectivity index (χ0v) is 38.8. The van der Waals surface area contributed by atoms with Crippen molar-refractivity contribution in [2.24, 2.45) is 0 Å². The summed E-state index contributed by atoms with van der Waals surface area (Å²) in [4.78, 5) is 2.49. The van der Waals surface area contributed by atoms with Crippen molar-refractivity contribution in [3.8, 4) is 50.2 Å². The molecule has 1 aromatic heterocycles. The zero-order valence-electron chi connectivity index (χ0n) is 38.8. The minimum absolute atomic E-state index is 0.471. The Bertz CT molecular complexity index is 4210. The molecular weight excluding hydrogens is 857 g/mol. The van der Waals surface area contributed by atoms with Crippen molar-refractivity contribution in [1.82, 2.24) is 4.57 Å². The van der Waals surface area contributed by atoms with Gasteiger partial charge in [-0.15, -0.1) is 0 Å². The number of hydrogen-bond acceptors (Lipinski definition) is 1. The number of rotatable bonds is 6. The first-order valence-electron chi connectivity index (χ1n) is 24.7. The number of fused-ring (bicyclic) bond motifs is 16. The molecule has 2 aliphatic carbocycles. The fraction of sp³-hybridized carbons (Fsp3) is 0.0145. The first-order valence-corrected chi connectivity index (χ1v) is 24.7. The fourth-order valence-electron chi connectivity index (χ4n) is 12.7. The first-order chi connectivity index (χ1) is 35.2. The maximum atomic E-state index is 2.51. The minimum atomic E-state index is -0.471. The second-order valence-corrected chi connectivity index (χ2v) is 19.1. The molecule has 330 valence electrons. The molecule has 2 aliphatic rings. The van der Waals surface area contributed by atoms with Crippen molar-refractivity contribution in [3.05, 3.63) is 289 Å². The highest BCUT2D eigenvalue weighted by molar-refractivity contribution is 6.22. The lowest BCUT2D eigenvalue weighted by molar-refractivity contribution is 0.793. The van der Waals surface area contributed by atoms with Crippen molar-refractivity contribution in [2.45, 2.75) is 5.41 Å². The van der Waals surface area contributed by atoms with E-state index >= 15 is 0 Å². The third-order valence-corrected chi connectivity index (χ3v) is 15.6. The first kappa shape index (κ1) is 39.7. The van der Waals surface area contributed by atoms with Gasteiger partial charge in [-0.25, -0.2) is 0 Å². The van der Waals surface area contributed by atoms with Crippen LogP contribution in [0.25, 0.3) is 93.5 Å². The van der Waals surface area contributed by atoms with Crippen LogP contribution in [0, 0.1) is 0 Å². The molecule has 0 aliphatic heterocycles. The second kappa shape index (κ2) is 15.4. The molecule has 0 unspecified atom stereocenters. The van der Waals surface area contributed by atoms with E-state index in [1.54, 1.807) is 0 Å². The van der Waals surface area contributed by atoms with Gasteiger partial charge in [0.2, 0.25) is 0 Å². The van der Waals surface area contributed by atoms with E-state index in [0.717, 1.165) is 22.7 Å². The van der Waals surface area contributed by atoms with Gasteiger partial charge in [-0.2, -0.15) is 0 Å². The van der Waals surface area contributed by atoms with Gasteiger partial charge in [0.15, 0.2) is 0 Å². The zero-order chi connectivity index (χ0) is 46.6. The number of nitrogens with zero attached hydrogens (tertiary/aromatic N) is 2. The predicted molar refractivity (Wildman–Crippen MR) is 298 cm³/mol. The number of hydrogen-bond donors (Lipinski definition) is 0. The van der Waals surface area contributed by atoms with Crippen LogP contribution in [0.2, 0.25) is 0 Å². The molecule has 2 heteroatoms. The van der Waals surface area contributed by atoms with E-state index in [1.165, 1.54) is 110 Å². The van der Waals surface area contributed by atoms with Crippen LogP contribution < -0.4 is 4.90 Å². The van der Waals surface area contributed by atoms with Gasteiger partial charge in [-0.05, 0) is 149 Å². The van der Waals surface area contributed by atoms with Gasteiger partial charge in [0, 0.05) is 33.5 Å². The molecule has 1 heterocycles. The van der Waals surface area contributed by atoms with Crippen LogP contribution in [0.4, 0.5) is 17.1 Å². The van der Waals surface area contributed by atoms with E-state index in [2.05, 4.69) is 276 Å². The highest BCUT2D eigenvalue weighted by Crippen LogP contribution is 2.63. The van der Waals surface area contributed by atoms with Crippen molar-refractivity contribution >= 4 is 60.4 Å². The van der Waals surface area contributed by atoms with Crippen molar-refractivity contribution in [2.75, 3.05) is 4.90 Å². The summed E-state index contributed by atoms with van der Waals surface area (Å²) >= 11 is 0. The minimum Gasteiger partial charge on any atom is -0.310 e. The van der Waals surface area contributed by atoms with E-state index in [1.807, 2.05) is 0 Å². The summed E-state index contributed by atoms with van der Waals surface area (Å²) in [6, 6.07) is 99.2. The Morgan fingerprint density at radius 1 is 0.282 bits per heavy atom. The molecule has 0 amide bonds. The molecule has 0 fully saturated rings. The highest BCUT2D eigenvalue weighted by Gasteiger charge is 2.51. The molecule has 71 heavy (non-hydrogen) atoms. The summed E-state index contributed by atoms with van der Waals surface area (Å²) in [6.07, 6.45) is 0. The average Bonchev–Trinajstić information content (AvgIpc) is 4.05. The van der Waals surface area contributed by atoms with Gasteiger partial charge in [0.25, 0.3) is 0 Å². The smallest absolute Gasteiger partial charge is 0.0726 e. The van der Waals surface area contributed by atoms with E-state index in [4.69, 9.17) is 0 Å². The molecule has 1 spiro atoms. The SMILES string of the molecule is c1ccc(-c2cccc3cccc(-c4ccc(N(c5ccc6c(c5)C5(c7ccccc7-c7ccccc75)c5ccccc5-6)c5ccc6c(c5)c5c7ccccc7ccc5n6-c5ccccc5)cc4)c23)cc1. The Morgan fingerprint density at radius 3 is 1.45 bits per heavy atom. The lowest BCUT2D eigenvalue weighted by atomic mass is 9.70. The van der Waals surface area contributed by atoms with E-state index in [0.29, 0.717) is 0 Å². The molecule has 0 saturated carbocycles. The highest BCUT2D eigenvalue weighted by atomic mass is 15.1. The van der Waals surface area contributed by atoms with Gasteiger partial charge < -0.3 is 9.47 Å². The quantitative estimate of drug-likeness (QED) is 0.161. The Labute approximate surface area is 412 Å². The van der Waals surface area contributed by atoms with E-state index in [9.17, 15) is 0 Å². The monoisotopic (exact) mass is 900 g/mol. The van der Waals surface area contributed by atoms with Crippen LogP contribution in [0.15, 0.2) is 267 Å². The summed E-state index contributed by atoms with van der Waals surface area (Å²) in [6.45, 7) is 0. The lowest BCUT2D eigenvalue weighted by Gasteiger charge is -2.32. The van der Waals surface area contributed by atoms with Gasteiger partial charge in [0.05, 0.1) is 16.4 Å². The number of anilines is 3. The number of para-hydroxylation sites is 1. The predicted octanol–water partition coefficient (Wildman–Crippen LogP) is 18.2. The van der Waals surface area contributed by atoms with Crippen LogP contribution in [0.5, 0.6) is 0 Å². The summed E-state index contributed by atoms with van der Waals surface area (Å²) in [5.41, 5.74) is 21.7. The third kappa shape index (κ3) is 5.71. The molecule has 12 aromatic carbocycles. The van der Waals surface area contributed by atoms with Crippen LogP contribution >= 0.6 is 0 Å². The molecule has 0 bridgehead atoms. The fourth-order valence-corrected chi connectivity index (χ4v) is 12.7. The second-order valence-electron chi connectivity index (χ2n) is 19.1. The van der Waals surface area contributed by atoms with Gasteiger partial charge in [-0.3, -0.25) is 0 Å². The molecule has 0 saturated heterocycles. The van der Waals surface area contributed by atoms with Gasteiger partial charge in [0.1, 0.15) is 0 Å². The molecule has 13 aromatic rings. The standard InChI is InChI=1S/C69H44N2/c1-3-17-45(18-4-1)53-28-15-20-48-21-16-29-54(67(48)53)47-33-36-50(37-34-47)70(51-39-42-65-60(43-51)68-55-24-8-7-19-46(55)35-41-66(68)71(65)49-22-5-2-6-23-49)52-38-40-59-58-27-11-14-32-63(58)69(64(59)44-52)61-30-12-9-25-56(61)57-26-10-13-31-62(57)69/h1-44H. The summed E-state index contributed by atoms with van der Waals surface area (Å²) in [5.74, 6) is 0. The average molecular weight is 901 g/mol. The Kier molecular flexibility index (Phi) is 8.61. The Balaban J connectivity index is 0.981. The molecular formula is C69H44N2. The third-order valence-electron chi connectivity index (χ3n) is 15.6. The van der Waals surface area contributed by atoms with Crippen molar-refractivity contribution in [1.29, 1.82) is 0 Å². The molecule has 0 radical (unpaired) electrons. The Morgan fingerprint density at radius 2 is 0.775 bits per heavy atom. The number of benzene rings is 12. The van der Waals surface area contributed by atoms with E-state index < -0.39 is 5.41 Å². The molecule has 0 atom stereocenters. The maximum absolute atomic E-state index is 2.51.